The van der Waals surface area contributed by atoms with Gasteiger partial charge in [-0.05, 0) is 18.2 Å². The van der Waals surface area contributed by atoms with Gasteiger partial charge in [0.1, 0.15) is 41.1 Å². The van der Waals surface area contributed by atoms with E-state index in [0.29, 0.717) is 11.6 Å². The van der Waals surface area contributed by atoms with Gasteiger partial charge in [0.05, 0.1) is 29.2 Å². The molecule has 2 unspecified atom stereocenters. The van der Waals surface area contributed by atoms with Crippen LogP contribution in [0.3, 0.4) is 0 Å². The molecule has 0 spiro atoms. The number of anilines is 2. The highest BCUT2D eigenvalue weighted by Gasteiger charge is 2.36. The van der Waals surface area contributed by atoms with Crippen molar-refractivity contribution in [1.29, 1.82) is 0 Å². The Labute approximate surface area is 223 Å². The molecule has 1 aliphatic carbocycles. The van der Waals surface area contributed by atoms with E-state index in [4.69, 9.17) is 32.7 Å². The number of methoxy groups -OCH3 is 2. The van der Waals surface area contributed by atoms with E-state index < -0.39 is 30.0 Å². The van der Waals surface area contributed by atoms with E-state index in [1.54, 1.807) is 0 Å². The number of halogens is 3. The Balaban J connectivity index is 1.76. The van der Waals surface area contributed by atoms with Gasteiger partial charge in [-0.25, -0.2) is 19.2 Å². The summed E-state index contributed by atoms with van der Waals surface area (Å²) in [5, 5.41) is 8.58. The van der Waals surface area contributed by atoms with Crippen molar-refractivity contribution < 1.29 is 23.5 Å². The molecule has 0 saturated heterocycles. The number of amides is 3. The fourth-order valence-electron chi connectivity index (χ4n) is 3.83. The lowest BCUT2D eigenvalue weighted by Crippen LogP contribution is -2.45. The molecule has 3 amide bonds. The molecule has 0 bridgehead atoms. The van der Waals surface area contributed by atoms with Crippen LogP contribution < -0.4 is 16.0 Å². The van der Waals surface area contributed by atoms with Crippen LogP contribution in [0, 0.1) is 11.7 Å². The molecule has 1 aliphatic heterocycles. The smallest absolute Gasteiger partial charge is 0.327 e. The molecule has 10 nitrogen and oxygen atoms in total. The molecular formula is C24H27Cl2FN6O4. The molecule has 37 heavy (non-hydrogen) atoms. The summed E-state index contributed by atoms with van der Waals surface area (Å²) >= 11 is 13.0. The van der Waals surface area contributed by atoms with Gasteiger partial charge in [0.2, 0.25) is 5.91 Å². The topological polar surface area (TPSA) is 117 Å². The number of rotatable bonds is 7. The van der Waals surface area contributed by atoms with Gasteiger partial charge in [0.15, 0.2) is 0 Å². The minimum atomic E-state index is -0.682. The third kappa shape index (κ3) is 6.12. The maximum atomic E-state index is 14.6. The van der Waals surface area contributed by atoms with E-state index in [1.165, 1.54) is 50.7 Å². The zero-order valence-corrected chi connectivity index (χ0v) is 22.2. The maximum Gasteiger partial charge on any atom is 0.327 e. The molecule has 0 fully saturated rings. The number of hydrogen-bond donors (Lipinski definition) is 3. The van der Waals surface area contributed by atoms with Crippen LogP contribution in [0.1, 0.15) is 13.3 Å². The number of hydrogen-bond acceptors (Lipinski definition) is 7. The average Bonchev–Trinajstić information content (AvgIpc) is 2.88. The number of amidine groups is 1. The summed E-state index contributed by atoms with van der Waals surface area (Å²) in [6.07, 6.45) is 1.21. The Morgan fingerprint density at radius 1 is 1.27 bits per heavy atom. The summed E-state index contributed by atoms with van der Waals surface area (Å²) in [4.78, 5) is 34.5. The average molecular weight is 553 g/mol. The van der Waals surface area contributed by atoms with Crippen LogP contribution in [0.4, 0.5) is 20.6 Å². The van der Waals surface area contributed by atoms with E-state index in [9.17, 15) is 14.0 Å². The minimum Gasteiger partial charge on any atom is -0.499 e. The van der Waals surface area contributed by atoms with Crippen molar-refractivity contribution in [3.05, 3.63) is 58.2 Å². The predicted octanol–water partition coefficient (Wildman–Crippen LogP) is 4.37. The van der Waals surface area contributed by atoms with Gasteiger partial charge < -0.3 is 25.4 Å². The molecule has 1 aromatic rings. The van der Waals surface area contributed by atoms with Gasteiger partial charge >= 0.3 is 6.03 Å². The number of carbonyl (C=O) groups is 2. The first-order valence-corrected chi connectivity index (χ1v) is 11.9. The van der Waals surface area contributed by atoms with Gasteiger partial charge in [0.25, 0.3) is 0 Å². The summed E-state index contributed by atoms with van der Waals surface area (Å²) < 4.78 is 25.4. The molecule has 0 aromatic heterocycles. The van der Waals surface area contributed by atoms with Crippen molar-refractivity contribution in [3.63, 3.8) is 0 Å². The molecule has 3 atom stereocenters. The van der Waals surface area contributed by atoms with Gasteiger partial charge in [-0.2, -0.15) is 0 Å². The highest BCUT2D eigenvalue weighted by Crippen LogP contribution is 2.39. The molecule has 1 heterocycles. The summed E-state index contributed by atoms with van der Waals surface area (Å²) in [5.41, 5.74) is 0.415. The van der Waals surface area contributed by atoms with Crippen molar-refractivity contribution in [2.45, 2.75) is 25.6 Å². The molecular weight excluding hydrogens is 526 g/mol. The highest BCUT2D eigenvalue weighted by molar-refractivity contribution is 6.36. The lowest BCUT2D eigenvalue weighted by Gasteiger charge is -2.32. The SMILES string of the molecule is C=CC(=O)Nc1cccc(F)c1N[C@@H]1CC(N(C)C(=O)NC2=C(Cl)C(OC)C(C)C(OC)=C2Cl)=NC=N1. The minimum absolute atomic E-state index is 0.0380. The second kappa shape index (κ2) is 12.2. The van der Waals surface area contributed by atoms with Crippen molar-refractivity contribution in [3.8, 4) is 0 Å². The van der Waals surface area contributed by atoms with E-state index >= 15 is 0 Å². The zero-order valence-electron chi connectivity index (χ0n) is 20.6. The predicted molar refractivity (Wildman–Crippen MR) is 142 cm³/mol. The number of carbonyl (C=O) groups excluding carboxylic acids is 2. The van der Waals surface area contributed by atoms with Crippen molar-refractivity contribution in [2.24, 2.45) is 15.9 Å². The first-order valence-electron chi connectivity index (χ1n) is 11.1. The van der Waals surface area contributed by atoms with E-state index in [2.05, 4.69) is 32.5 Å². The molecule has 0 radical (unpaired) electrons. The number of nitrogens with one attached hydrogen (secondary N) is 3. The number of para-hydroxylation sites is 1. The van der Waals surface area contributed by atoms with Crippen molar-refractivity contribution in [2.75, 3.05) is 31.9 Å². The van der Waals surface area contributed by atoms with Crippen LogP contribution in [-0.4, -0.2) is 62.5 Å². The van der Waals surface area contributed by atoms with Crippen molar-refractivity contribution >= 4 is 58.7 Å². The second-order valence-electron chi connectivity index (χ2n) is 8.07. The van der Waals surface area contributed by atoms with E-state index in [1.807, 2.05) is 6.92 Å². The van der Waals surface area contributed by atoms with Gasteiger partial charge in [-0.1, -0.05) is 42.8 Å². The molecule has 0 saturated carbocycles. The van der Waals surface area contributed by atoms with E-state index in [0.717, 1.165) is 6.08 Å². The first kappa shape index (κ1) is 28.2. The number of ether oxygens (including phenoxy) is 2. The molecule has 13 heteroatoms. The number of benzene rings is 1. The molecule has 1 aromatic carbocycles. The second-order valence-corrected chi connectivity index (χ2v) is 8.85. The van der Waals surface area contributed by atoms with Crippen LogP contribution >= 0.6 is 23.2 Å². The largest absolute Gasteiger partial charge is 0.499 e. The normalized spacial score (nSPS) is 21.3. The van der Waals surface area contributed by atoms with Crippen LogP contribution in [0.15, 0.2) is 62.4 Å². The Bertz CT molecular complexity index is 1220. The lowest BCUT2D eigenvalue weighted by atomic mass is 9.95. The Morgan fingerprint density at radius 3 is 2.65 bits per heavy atom. The third-order valence-corrected chi connectivity index (χ3v) is 6.57. The fourth-order valence-corrected chi connectivity index (χ4v) is 4.70. The number of nitrogens with zero attached hydrogens (tertiary/aromatic N) is 3. The summed E-state index contributed by atoms with van der Waals surface area (Å²) in [6, 6.07) is 3.66. The van der Waals surface area contributed by atoms with E-state index in [-0.39, 0.29) is 39.5 Å². The number of urea groups is 1. The first-order chi connectivity index (χ1) is 17.6. The van der Waals surface area contributed by atoms with Crippen LogP contribution in [0.5, 0.6) is 0 Å². The quantitative estimate of drug-likeness (QED) is 0.434. The fraction of sp³-hybridized carbons (Fsp3) is 0.333. The Morgan fingerprint density at radius 2 is 2.00 bits per heavy atom. The monoisotopic (exact) mass is 552 g/mol. The zero-order chi connectivity index (χ0) is 27.3. The molecule has 198 valence electrons. The lowest BCUT2D eigenvalue weighted by molar-refractivity contribution is -0.111. The number of allylic oxidation sites excluding steroid dienone is 1. The summed E-state index contributed by atoms with van der Waals surface area (Å²) in [7, 11) is 4.47. The Kier molecular flexibility index (Phi) is 9.30. The van der Waals surface area contributed by atoms with Gasteiger partial charge in [0, 0.05) is 26.5 Å². The maximum absolute atomic E-state index is 14.6. The Hall–Kier alpha value is -3.41. The standard InChI is InChI=1S/C24H27Cl2FN6O4/c1-6-17(34)30-14-9-7-8-13(27)20(14)31-15-10-16(29-11-28-15)33(3)24(35)32-21-18(25)22(36-4)12(2)23(37-5)19(21)26/h6-9,11-12,15,22,31H,1,10H2,2-5H3,(H,30,34)(H,32,35)/t12?,15-,22?/m1/s1. The molecule has 2 aliphatic rings. The van der Waals surface area contributed by atoms with Gasteiger partial charge in [-0.15, -0.1) is 0 Å². The highest BCUT2D eigenvalue weighted by atomic mass is 35.5. The summed E-state index contributed by atoms with van der Waals surface area (Å²) in [6.45, 7) is 5.24. The van der Waals surface area contributed by atoms with Crippen molar-refractivity contribution in [1.82, 2.24) is 10.2 Å². The molecule has 3 N–H and O–H groups in total. The third-order valence-electron chi connectivity index (χ3n) is 5.79. The molecule has 3 rings (SSSR count). The summed E-state index contributed by atoms with van der Waals surface area (Å²) in [5.74, 6) is -0.604. The van der Waals surface area contributed by atoms with Crippen LogP contribution in [-0.2, 0) is 14.3 Å². The number of aliphatic imine (C=N–C) groups is 2. The van der Waals surface area contributed by atoms with Gasteiger partial charge in [-0.3, -0.25) is 9.69 Å². The van der Waals surface area contributed by atoms with Crippen LogP contribution in [0.25, 0.3) is 0 Å². The van der Waals surface area contributed by atoms with Crippen LogP contribution in [0.2, 0.25) is 0 Å².